The predicted octanol–water partition coefficient (Wildman–Crippen LogP) is 19.3. The number of phosphoric ester groups is 1. The van der Waals surface area contributed by atoms with Gasteiger partial charge in [-0.3, -0.25) is 18.6 Å². The molecule has 0 aliphatic heterocycles. The average Bonchev–Trinajstić information content (AvgIpc) is 3.35. The first-order chi connectivity index (χ1) is 35.4. The molecule has 0 fully saturated rings. The van der Waals surface area contributed by atoms with Crippen LogP contribution in [-0.4, -0.2) is 74.3 Å². The summed E-state index contributed by atoms with van der Waals surface area (Å²) in [6.45, 7) is 7.04. The molecule has 2 N–H and O–H groups in total. The number of esters is 1. The van der Waals surface area contributed by atoms with E-state index in [2.05, 4.69) is 38.2 Å². The van der Waals surface area contributed by atoms with Crippen LogP contribution in [0.4, 0.5) is 0 Å². The first kappa shape index (κ1) is 71.5. The molecule has 432 valence electrons. The summed E-state index contributed by atoms with van der Waals surface area (Å²) in [6, 6.07) is -0.848. The predicted molar refractivity (Wildman–Crippen MR) is 314 cm³/mol. The molecule has 0 radical (unpaired) electrons. The van der Waals surface area contributed by atoms with Gasteiger partial charge in [0, 0.05) is 12.8 Å². The lowest BCUT2D eigenvalue weighted by Gasteiger charge is -2.27. The monoisotopic (exact) mass is 1050 g/mol. The van der Waals surface area contributed by atoms with Gasteiger partial charge in [-0.25, -0.2) is 4.57 Å². The lowest BCUT2D eigenvalue weighted by Crippen LogP contribution is -2.47. The van der Waals surface area contributed by atoms with Crippen LogP contribution in [0.2, 0.25) is 0 Å². The van der Waals surface area contributed by atoms with Crippen LogP contribution in [0.25, 0.3) is 0 Å². The summed E-state index contributed by atoms with van der Waals surface area (Å²) in [5.74, 6) is -0.507. The van der Waals surface area contributed by atoms with E-state index in [9.17, 15) is 19.0 Å². The molecule has 0 aromatic heterocycles. The average molecular weight is 1050 g/mol. The Morgan fingerprint density at radius 3 is 1.18 bits per heavy atom. The normalized spacial score (nSPS) is 13.8. The van der Waals surface area contributed by atoms with Crippen molar-refractivity contribution >= 4 is 19.7 Å². The van der Waals surface area contributed by atoms with Gasteiger partial charge in [0.2, 0.25) is 5.91 Å². The molecule has 0 aromatic rings. The van der Waals surface area contributed by atoms with E-state index in [0.29, 0.717) is 17.4 Å². The molecule has 0 bridgehead atoms. The Hall–Kier alpha value is -1.51. The number of phosphoric acid groups is 1. The summed E-state index contributed by atoms with van der Waals surface area (Å²) in [6.07, 6.45) is 63.2. The van der Waals surface area contributed by atoms with E-state index in [1.54, 1.807) is 0 Å². The number of carbonyl (C=O) groups excluding carboxylic acids is 2. The van der Waals surface area contributed by atoms with Gasteiger partial charge in [-0.05, 0) is 57.4 Å². The third-order valence-corrected chi connectivity index (χ3v) is 15.4. The number of nitrogens with zero attached hydrogens (tertiary/aromatic N) is 1. The van der Waals surface area contributed by atoms with Crippen molar-refractivity contribution in [2.45, 2.75) is 328 Å². The molecule has 0 aromatic carbocycles. The Morgan fingerprint density at radius 1 is 0.466 bits per heavy atom. The van der Waals surface area contributed by atoms with Crippen molar-refractivity contribution in [3.63, 3.8) is 0 Å². The van der Waals surface area contributed by atoms with Crippen LogP contribution in [0.1, 0.15) is 316 Å². The molecule has 0 aliphatic carbocycles. The number of likely N-dealkylation sites (N-methyl/N-ethyl adjacent to an activating group) is 1. The van der Waals surface area contributed by atoms with E-state index in [0.717, 1.165) is 70.6 Å². The molecule has 3 atom stereocenters. The van der Waals surface area contributed by atoms with Gasteiger partial charge in [-0.1, -0.05) is 270 Å². The summed E-state index contributed by atoms with van der Waals surface area (Å²) < 4.78 is 30.7. The summed E-state index contributed by atoms with van der Waals surface area (Å²) in [5, 5.41) is 3.06. The molecule has 10 heteroatoms. The number of quaternary nitrogens is 1. The van der Waals surface area contributed by atoms with E-state index >= 15 is 0 Å². The molecule has 0 saturated carbocycles. The number of carbonyl (C=O) groups is 2. The number of amides is 1. The van der Waals surface area contributed by atoms with E-state index < -0.39 is 20.0 Å². The fourth-order valence-electron chi connectivity index (χ4n) is 9.47. The van der Waals surface area contributed by atoms with Crippen molar-refractivity contribution in [2.24, 2.45) is 0 Å². The highest BCUT2D eigenvalue weighted by Crippen LogP contribution is 2.43. The Bertz CT molecular complexity index is 1300. The molecule has 0 spiro atoms. The number of allylic oxidation sites excluding steroid dienone is 3. The Morgan fingerprint density at radius 2 is 0.795 bits per heavy atom. The lowest BCUT2D eigenvalue weighted by atomic mass is 10.0. The number of ether oxygens (including phenoxy) is 1. The molecule has 3 unspecified atom stereocenters. The highest BCUT2D eigenvalue weighted by atomic mass is 31.2. The second-order valence-electron chi connectivity index (χ2n) is 22.9. The summed E-state index contributed by atoms with van der Waals surface area (Å²) in [4.78, 5) is 37.7. The maximum Gasteiger partial charge on any atom is 0.472 e. The number of rotatable bonds is 58. The Kier molecular flexibility index (Phi) is 52.8. The van der Waals surface area contributed by atoms with E-state index in [-0.39, 0.29) is 31.5 Å². The van der Waals surface area contributed by atoms with Crippen LogP contribution in [0.3, 0.4) is 0 Å². The molecule has 0 rings (SSSR count). The number of hydrogen-bond acceptors (Lipinski definition) is 6. The molecule has 1 amide bonds. The second-order valence-corrected chi connectivity index (χ2v) is 24.4. The number of unbranched alkanes of at least 4 members (excludes halogenated alkanes) is 40. The van der Waals surface area contributed by atoms with Crippen LogP contribution in [0.5, 0.6) is 0 Å². The zero-order valence-electron chi connectivity index (χ0n) is 49.4. The molecule has 0 aliphatic rings. The zero-order valence-corrected chi connectivity index (χ0v) is 50.3. The Balaban J connectivity index is 5.19. The van der Waals surface area contributed by atoms with Crippen LogP contribution >= 0.6 is 7.82 Å². The topological polar surface area (TPSA) is 111 Å². The first-order valence-electron chi connectivity index (χ1n) is 31.7. The smallest absolute Gasteiger partial charge is 0.456 e. The van der Waals surface area contributed by atoms with Gasteiger partial charge < -0.3 is 19.4 Å². The van der Waals surface area contributed by atoms with Crippen LogP contribution in [0, 0.1) is 0 Å². The minimum atomic E-state index is -4.44. The van der Waals surface area contributed by atoms with E-state index in [1.165, 1.54) is 212 Å². The standard InChI is InChI=1S/C63H123N2O7P/c1-7-10-13-16-19-22-25-28-29-30-31-32-33-34-35-38-40-43-46-49-52-55-62(66)64-60(59-71-73(68,69)70-58-57-65(4,5)6)61(54-51-48-45-42-39-36-26-23-20-17-14-11-8-2)72-63(67)56-53-50-47-44-41-37-27-24-21-18-15-12-9-3/h37,41,51,54,60-61H,7-36,38-40,42-50,52-53,55-59H2,1-6H3,(H-,64,66,68,69)/p+1/b41-37-,54-51+. The summed E-state index contributed by atoms with van der Waals surface area (Å²) in [7, 11) is 1.50. The SMILES string of the molecule is CCCCCCCC/C=C\CCCCCC(=O)OC(/C=C/CCCCCCCCCCCCC)C(COP(=O)(O)OCC[N+](C)(C)C)NC(=O)CCCCCCCCCCCCCCCCCCCCCCC. The van der Waals surface area contributed by atoms with Gasteiger partial charge in [0.15, 0.2) is 0 Å². The van der Waals surface area contributed by atoms with Gasteiger partial charge >= 0.3 is 13.8 Å². The summed E-state index contributed by atoms with van der Waals surface area (Å²) >= 11 is 0. The van der Waals surface area contributed by atoms with Gasteiger partial charge in [-0.15, -0.1) is 0 Å². The highest BCUT2D eigenvalue weighted by molar-refractivity contribution is 7.47. The van der Waals surface area contributed by atoms with Gasteiger partial charge in [0.1, 0.15) is 19.3 Å². The fraction of sp³-hybridized carbons (Fsp3) is 0.905. The third kappa shape index (κ3) is 55.1. The largest absolute Gasteiger partial charge is 0.472 e. The number of nitrogens with one attached hydrogen (secondary N) is 1. The van der Waals surface area contributed by atoms with Crippen LogP contribution in [-0.2, 0) is 27.9 Å². The van der Waals surface area contributed by atoms with Crippen molar-refractivity contribution in [3.8, 4) is 0 Å². The molecular weight excluding hydrogens is 928 g/mol. The quantitative estimate of drug-likeness (QED) is 0.0205. The van der Waals surface area contributed by atoms with Gasteiger partial charge in [-0.2, -0.15) is 0 Å². The molecular formula is C63H124N2O7P+. The van der Waals surface area contributed by atoms with Crippen molar-refractivity contribution in [1.29, 1.82) is 0 Å². The lowest BCUT2D eigenvalue weighted by molar-refractivity contribution is -0.870. The maximum atomic E-state index is 13.5. The third-order valence-electron chi connectivity index (χ3n) is 14.4. The van der Waals surface area contributed by atoms with Crippen molar-refractivity contribution in [2.75, 3.05) is 40.9 Å². The van der Waals surface area contributed by atoms with E-state index in [1.807, 2.05) is 33.3 Å². The molecule has 0 saturated heterocycles. The maximum absolute atomic E-state index is 13.5. The van der Waals surface area contributed by atoms with Crippen molar-refractivity contribution in [1.82, 2.24) is 5.32 Å². The molecule has 9 nitrogen and oxygen atoms in total. The molecule has 0 heterocycles. The highest BCUT2D eigenvalue weighted by Gasteiger charge is 2.30. The number of hydrogen-bond donors (Lipinski definition) is 2. The van der Waals surface area contributed by atoms with Crippen molar-refractivity contribution in [3.05, 3.63) is 24.3 Å². The van der Waals surface area contributed by atoms with E-state index in [4.69, 9.17) is 13.8 Å². The molecule has 73 heavy (non-hydrogen) atoms. The summed E-state index contributed by atoms with van der Waals surface area (Å²) in [5.41, 5.74) is 0. The fourth-order valence-corrected chi connectivity index (χ4v) is 10.2. The minimum absolute atomic E-state index is 0.0416. The van der Waals surface area contributed by atoms with Gasteiger partial charge in [0.05, 0.1) is 33.8 Å². The first-order valence-corrected chi connectivity index (χ1v) is 33.2. The minimum Gasteiger partial charge on any atom is -0.456 e. The Labute approximate surface area is 454 Å². The van der Waals surface area contributed by atoms with Crippen molar-refractivity contribution < 1.29 is 37.3 Å². The second kappa shape index (κ2) is 53.9. The zero-order chi connectivity index (χ0) is 53.6. The van der Waals surface area contributed by atoms with Crippen LogP contribution in [0.15, 0.2) is 24.3 Å². The van der Waals surface area contributed by atoms with Crippen LogP contribution < -0.4 is 5.32 Å². The van der Waals surface area contributed by atoms with Gasteiger partial charge in [0.25, 0.3) is 0 Å².